The number of hydrogen-bond donors (Lipinski definition) is 0. The Morgan fingerprint density at radius 1 is 1.07 bits per heavy atom. The van der Waals surface area contributed by atoms with Gasteiger partial charge in [0.25, 0.3) is 0 Å². The van der Waals surface area contributed by atoms with Crippen LogP contribution in [0.25, 0.3) is 0 Å². The molecule has 0 aromatic heterocycles. The zero-order chi connectivity index (χ0) is 19.4. The first-order valence-electron chi connectivity index (χ1n) is 9.02. The maximum absolute atomic E-state index is 13.1. The summed E-state index contributed by atoms with van der Waals surface area (Å²) in [6, 6.07) is 12.0. The largest absolute Gasteiger partial charge is 0.486 e. The number of carbonyl (C=O) groups is 1. The predicted octanol–water partition coefficient (Wildman–Crippen LogP) is 3.25. The molecule has 0 spiro atoms. The Morgan fingerprint density at radius 3 is 2.44 bits per heavy atom. The summed E-state index contributed by atoms with van der Waals surface area (Å²) < 4.78 is 24.2. The third kappa shape index (κ3) is 4.77. The monoisotopic (exact) mass is 372 g/mol. The molecule has 0 saturated heterocycles. The fraction of sp³-hybridized carbons (Fsp3) is 0.381. The molecule has 1 aliphatic heterocycles. The van der Waals surface area contributed by atoms with Crippen LogP contribution in [0.1, 0.15) is 24.1 Å². The molecule has 144 valence electrons. The predicted molar refractivity (Wildman–Crippen MR) is 101 cm³/mol. The van der Waals surface area contributed by atoms with Gasteiger partial charge in [-0.15, -0.1) is 0 Å². The smallest absolute Gasteiger partial charge is 0.236 e. The summed E-state index contributed by atoms with van der Waals surface area (Å²) in [7, 11) is 3.68. The zero-order valence-electron chi connectivity index (χ0n) is 15.9. The zero-order valence-corrected chi connectivity index (χ0v) is 15.9. The van der Waals surface area contributed by atoms with Crippen LogP contribution < -0.4 is 9.47 Å². The Hall–Kier alpha value is -2.60. The van der Waals surface area contributed by atoms with Gasteiger partial charge in [-0.05, 0) is 49.4 Å². The molecular formula is C21H25FN2O3. The molecule has 0 unspecified atom stereocenters. The van der Waals surface area contributed by atoms with Gasteiger partial charge in [-0.25, -0.2) is 4.39 Å². The lowest BCUT2D eigenvalue weighted by molar-refractivity contribution is -0.132. The van der Waals surface area contributed by atoms with E-state index in [9.17, 15) is 9.18 Å². The lowest BCUT2D eigenvalue weighted by Gasteiger charge is -2.28. The van der Waals surface area contributed by atoms with E-state index in [2.05, 4.69) is 0 Å². The molecular weight excluding hydrogens is 347 g/mol. The van der Waals surface area contributed by atoms with Crippen LogP contribution in [0.4, 0.5) is 4.39 Å². The van der Waals surface area contributed by atoms with E-state index in [0.29, 0.717) is 19.8 Å². The highest BCUT2D eigenvalue weighted by atomic mass is 19.1. The SMILES string of the molecule is C[C@@H](c1ccc(F)cc1)N(C)C(=O)CN(C)Cc1ccc2c(c1)OCCO2. The van der Waals surface area contributed by atoms with Crippen LogP contribution in [0, 0.1) is 5.82 Å². The van der Waals surface area contributed by atoms with Crippen LogP contribution in [-0.4, -0.2) is 49.6 Å². The molecule has 0 N–H and O–H groups in total. The molecule has 0 aliphatic carbocycles. The summed E-state index contributed by atoms with van der Waals surface area (Å²) in [5.74, 6) is 1.24. The number of hydrogen-bond acceptors (Lipinski definition) is 4. The standard InChI is InChI=1S/C21H25FN2O3/c1-15(17-5-7-18(22)8-6-17)24(3)21(25)14-23(2)13-16-4-9-19-20(12-16)27-11-10-26-19/h4-9,12,15H,10-11,13-14H2,1-3H3/t15-/m0/s1. The van der Waals surface area contributed by atoms with Crippen molar-refractivity contribution >= 4 is 5.91 Å². The first-order chi connectivity index (χ1) is 12.9. The molecule has 1 amide bonds. The second-order valence-corrected chi connectivity index (χ2v) is 6.88. The molecule has 0 bridgehead atoms. The number of benzene rings is 2. The number of amides is 1. The van der Waals surface area contributed by atoms with Crippen molar-refractivity contribution in [3.8, 4) is 11.5 Å². The van der Waals surface area contributed by atoms with Crippen molar-refractivity contribution in [2.75, 3.05) is 33.9 Å². The fourth-order valence-electron chi connectivity index (χ4n) is 3.08. The van der Waals surface area contributed by atoms with Gasteiger partial charge >= 0.3 is 0 Å². The third-order valence-electron chi connectivity index (χ3n) is 4.79. The molecule has 0 saturated carbocycles. The number of nitrogens with zero attached hydrogens (tertiary/aromatic N) is 2. The van der Waals surface area contributed by atoms with Crippen LogP contribution in [0.5, 0.6) is 11.5 Å². The Kier molecular flexibility index (Phi) is 5.96. The highest BCUT2D eigenvalue weighted by Crippen LogP contribution is 2.31. The normalized spacial score (nSPS) is 14.1. The van der Waals surface area contributed by atoms with Gasteiger partial charge in [-0.1, -0.05) is 18.2 Å². The summed E-state index contributed by atoms with van der Waals surface area (Å²) in [5.41, 5.74) is 1.96. The highest BCUT2D eigenvalue weighted by Gasteiger charge is 2.19. The van der Waals surface area contributed by atoms with Crippen molar-refractivity contribution in [3.63, 3.8) is 0 Å². The second-order valence-electron chi connectivity index (χ2n) is 6.88. The Balaban J connectivity index is 1.57. The molecule has 2 aromatic rings. The second kappa shape index (κ2) is 8.39. The van der Waals surface area contributed by atoms with Crippen LogP contribution in [0.15, 0.2) is 42.5 Å². The van der Waals surface area contributed by atoms with Gasteiger partial charge in [0.1, 0.15) is 19.0 Å². The number of ether oxygens (including phenoxy) is 2. The van der Waals surface area contributed by atoms with Crippen LogP contribution in [0.3, 0.4) is 0 Å². The van der Waals surface area contributed by atoms with Gasteiger partial charge in [-0.2, -0.15) is 0 Å². The van der Waals surface area contributed by atoms with E-state index in [4.69, 9.17) is 9.47 Å². The van der Waals surface area contributed by atoms with E-state index in [1.54, 1.807) is 24.1 Å². The molecule has 0 fully saturated rings. The number of fused-ring (bicyclic) bond motifs is 1. The van der Waals surface area contributed by atoms with Crippen molar-refractivity contribution in [2.45, 2.75) is 19.5 Å². The Labute approximate surface area is 159 Å². The third-order valence-corrected chi connectivity index (χ3v) is 4.79. The molecule has 1 heterocycles. The van der Waals surface area contributed by atoms with Gasteiger partial charge in [-0.3, -0.25) is 9.69 Å². The fourth-order valence-corrected chi connectivity index (χ4v) is 3.08. The van der Waals surface area contributed by atoms with Gasteiger partial charge in [0, 0.05) is 13.6 Å². The van der Waals surface area contributed by atoms with Crippen LogP contribution in [-0.2, 0) is 11.3 Å². The lowest BCUT2D eigenvalue weighted by Crippen LogP contribution is -2.37. The molecule has 0 radical (unpaired) electrons. The van der Waals surface area contributed by atoms with E-state index >= 15 is 0 Å². The van der Waals surface area contributed by atoms with E-state index < -0.39 is 0 Å². The van der Waals surface area contributed by atoms with Crippen molar-refractivity contribution < 1.29 is 18.7 Å². The summed E-state index contributed by atoms with van der Waals surface area (Å²) in [5, 5.41) is 0. The average Bonchev–Trinajstić information content (AvgIpc) is 2.67. The first kappa shape index (κ1) is 19.2. The summed E-state index contributed by atoms with van der Waals surface area (Å²) in [4.78, 5) is 16.3. The molecule has 1 atom stereocenters. The number of carbonyl (C=O) groups excluding carboxylic acids is 1. The van der Waals surface area contributed by atoms with Crippen molar-refractivity contribution in [1.82, 2.24) is 9.80 Å². The van der Waals surface area contributed by atoms with Crippen LogP contribution >= 0.6 is 0 Å². The molecule has 6 heteroatoms. The molecule has 2 aromatic carbocycles. The molecule has 27 heavy (non-hydrogen) atoms. The maximum atomic E-state index is 13.1. The summed E-state index contributed by atoms with van der Waals surface area (Å²) >= 11 is 0. The van der Waals surface area contributed by atoms with Gasteiger partial charge in [0.05, 0.1) is 12.6 Å². The Morgan fingerprint density at radius 2 is 1.74 bits per heavy atom. The average molecular weight is 372 g/mol. The minimum absolute atomic E-state index is 0.00636. The van der Waals surface area contributed by atoms with E-state index in [1.807, 2.05) is 37.1 Å². The van der Waals surface area contributed by atoms with E-state index in [-0.39, 0.29) is 24.3 Å². The van der Waals surface area contributed by atoms with Crippen molar-refractivity contribution in [2.24, 2.45) is 0 Å². The minimum atomic E-state index is -0.279. The number of halogens is 1. The quantitative estimate of drug-likeness (QED) is 0.781. The lowest BCUT2D eigenvalue weighted by atomic mass is 10.1. The van der Waals surface area contributed by atoms with Crippen LogP contribution in [0.2, 0.25) is 0 Å². The Bertz CT molecular complexity index is 795. The molecule has 3 rings (SSSR count). The van der Waals surface area contributed by atoms with Crippen molar-refractivity contribution in [1.29, 1.82) is 0 Å². The number of rotatable bonds is 6. The van der Waals surface area contributed by atoms with E-state index in [1.165, 1.54) is 12.1 Å². The van der Waals surface area contributed by atoms with E-state index in [0.717, 1.165) is 22.6 Å². The highest BCUT2D eigenvalue weighted by molar-refractivity contribution is 5.78. The summed E-state index contributed by atoms with van der Waals surface area (Å²) in [6.07, 6.45) is 0. The summed E-state index contributed by atoms with van der Waals surface area (Å²) in [6.45, 7) is 3.97. The maximum Gasteiger partial charge on any atom is 0.236 e. The number of likely N-dealkylation sites (N-methyl/N-ethyl adjacent to an activating group) is 2. The van der Waals surface area contributed by atoms with Gasteiger partial charge in [0.15, 0.2) is 11.5 Å². The van der Waals surface area contributed by atoms with Gasteiger partial charge < -0.3 is 14.4 Å². The van der Waals surface area contributed by atoms with Crippen molar-refractivity contribution in [3.05, 3.63) is 59.4 Å². The first-order valence-corrected chi connectivity index (χ1v) is 9.02. The minimum Gasteiger partial charge on any atom is -0.486 e. The van der Waals surface area contributed by atoms with Gasteiger partial charge in [0.2, 0.25) is 5.91 Å². The molecule has 5 nitrogen and oxygen atoms in total. The molecule has 1 aliphatic rings. The topological polar surface area (TPSA) is 42.0 Å².